The lowest BCUT2D eigenvalue weighted by molar-refractivity contribution is 0.883. The van der Waals surface area contributed by atoms with Crippen molar-refractivity contribution in [1.29, 1.82) is 0 Å². The van der Waals surface area contributed by atoms with Gasteiger partial charge >= 0.3 is 0 Å². The van der Waals surface area contributed by atoms with Gasteiger partial charge < -0.3 is 5.32 Å². The average molecular weight is 315 g/mol. The van der Waals surface area contributed by atoms with Gasteiger partial charge in [-0.05, 0) is 30.2 Å². The van der Waals surface area contributed by atoms with E-state index in [2.05, 4.69) is 71.8 Å². The molecule has 0 unspecified atom stereocenters. The molecule has 21 heavy (non-hydrogen) atoms. The summed E-state index contributed by atoms with van der Waals surface area (Å²) in [6.45, 7) is 4.20. The van der Waals surface area contributed by atoms with Crippen molar-refractivity contribution < 1.29 is 0 Å². The molecule has 0 amide bonds. The van der Waals surface area contributed by atoms with E-state index in [-0.39, 0.29) is 0 Å². The number of hydrogen-bond donors (Lipinski definition) is 1. The summed E-state index contributed by atoms with van der Waals surface area (Å²) in [5.41, 5.74) is 1.34. The molecule has 1 heterocycles. The lowest BCUT2D eigenvalue weighted by Gasteiger charge is -2.05. The van der Waals surface area contributed by atoms with Gasteiger partial charge in [0, 0.05) is 11.8 Å². The molecule has 0 radical (unpaired) electrons. The fourth-order valence-electron chi connectivity index (χ4n) is 2.13. The Labute approximate surface area is 132 Å². The van der Waals surface area contributed by atoms with Crippen molar-refractivity contribution in [1.82, 2.24) is 10.2 Å². The number of thioether (sulfide) groups is 1. The smallest absolute Gasteiger partial charge is 0.206 e. The van der Waals surface area contributed by atoms with Crippen molar-refractivity contribution in [3.8, 4) is 0 Å². The van der Waals surface area contributed by atoms with Gasteiger partial charge in [0.15, 0.2) is 4.34 Å². The summed E-state index contributed by atoms with van der Waals surface area (Å²) in [5.74, 6) is 0.914. The molecule has 1 N–H and O–H groups in total. The van der Waals surface area contributed by atoms with Gasteiger partial charge in [0.1, 0.15) is 0 Å². The van der Waals surface area contributed by atoms with Gasteiger partial charge in [-0.2, -0.15) is 0 Å². The van der Waals surface area contributed by atoms with Crippen LogP contribution in [0.25, 0.3) is 10.8 Å². The number of hydrogen-bond acceptors (Lipinski definition) is 5. The second-order valence-corrected chi connectivity index (χ2v) is 7.30. The Morgan fingerprint density at radius 1 is 1.10 bits per heavy atom. The van der Waals surface area contributed by atoms with Gasteiger partial charge in [0.2, 0.25) is 5.13 Å². The number of nitrogens with zero attached hydrogens (tertiary/aromatic N) is 2. The molecule has 0 saturated heterocycles. The Hall–Kier alpha value is -1.59. The van der Waals surface area contributed by atoms with Gasteiger partial charge in [-0.25, -0.2) is 0 Å². The van der Waals surface area contributed by atoms with E-state index < -0.39 is 0 Å². The topological polar surface area (TPSA) is 37.8 Å². The largest absolute Gasteiger partial charge is 0.358 e. The van der Waals surface area contributed by atoms with Crippen molar-refractivity contribution in [3.05, 3.63) is 48.0 Å². The van der Waals surface area contributed by atoms with Crippen LogP contribution in [0.1, 0.15) is 19.4 Å². The van der Waals surface area contributed by atoms with Gasteiger partial charge in [-0.15, -0.1) is 10.2 Å². The van der Waals surface area contributed by atoms with E-state index >= 15 is 0 Å². The third-order valence-corrected chi connectivity index (χ3v) is 5.09. The highest BCUT2D eigenvalue weighted by atomic mass is 32.2. The molecule has 0 aliphatic heterocycles. The van der Waals surface area contributed by atoms with Gasteiger partial charge in [0.05, 0.1) is 0 Å². The Morgan fingerprint density at radius 3 is 2.76 bits per heavy atom. The van der Waals surface area contributed by atoms with Crippen molar-refractivity contribution in [3.63, 3.8) is 0 Å². The zero-order chi connectivity index (χ0) is 14.7. The molecule has 3 rings (SSSR count). The molecule has 0 saturated carbocycles. The zero-order valence-corrected chi connectivity index (χ0v) is 13.7. The number of fused-ring (bicyclic) bond motifs is 1. The molecule has 0 aliphatic carbocycles. The molecule has 0 aliphatic rings. The molecule has 5 heteroatoms. The van der Waals surface area contributed by atoms with Gasteiger partial charge in [-0.1, -0.05) is 65.6 Å². The highest BCUT2D eigenvalue weighted by Crippen LogP contribution is 2.30. The van der Waals surface area contributed by atoms with Gasteiger partial charge in [-0.3, -0.25) is 0 Å². The van der Waals surface area contributed by atoms with Crippen LogP contribution in [0.2, 0.25) is 0 Å². The normalized spacial score (nSPS) is 11.2. The zero-order valence-electron chi connectivity index (χ0n) is 12.0. The van der Waals surface area contributed by atoms with Crippen LogP contribution in [-0.2, 0) is 5.75 Å². The average Bonchev–Trinajstić information content (AvgIpc) is 2.92. The first-order chi connectivity index (χ1) is 10.2. The van der Waals surface area contributed by atoms with Crippen molar-refractivity contribution >= 4 is 39.0 Å². The molecule has 3 nitrogen and oxygen atoms in total. The van der Waals surface area contributed by atoms with Gasteiger partial charge in [0.25, 0.3) is 0 Å². The van der Waals surface area contributed by atoms with E-state index in [0.29, 0.717) is 6.04 Å². The van der Waals surface area contributed by atoms with E-state index in [4.69, 9.17) is 0 Å². The fourth-order valence-corrected chi connectivity index (χ4v) is 4.03. The summed E-state index contributed by atoms with van der Waals surface area (Å²) in [5, 5.41) is 15.2. The third-order valence-electron chi connectivity index (χ3n) is 3.05. The first-order valence-corrected chi connectivity index (χ1v) is 8.72. The Bertz CT molecular complexity index is 732. The molecular formula is C16H17N3S2. The van der Waals surface area contributed by atoms with Crippen LogP contribution >= 0.6 is 23.1 Å². The summed E-state index contributed by atoms with van der Waals surface area (Å²) >= 11 is 3.36. The monoisotopic (exact) mass is 315 g/mol. The highest BCUT2D eigenvalue weighted by molar-refractivity contribution is 8.00. The third kappa shape index (κ3) is 3.54. The minimum atomic E-state index is 0.383. The van der Waals surface area contributed by atoms with Crippen LogP contribution in [0, 0.1) is 0 Å². The van der Waals surface area contributed by atoms with E-state index in [1.807, 2.05) is 0 Å². The molecular weight excluding hydrogens is 298 g/mol. The van der Waals surface area contributed by atoms with Crippen molar-refractivity contribution in [2.75, 3.05) is 5.32 Å². The Morgan fingerprint density at radius 2 is 1.90 bits per heavy atom. The quantitative estimate of drug-likeness (QED) is 0.686. The molecule has 0 fully saturated rings. The number of benzene rings is 2. The molecule has 108 valence electrons. The maximum atomic E-state index is 4.23. The molecule has 3 aromatic rings. The van der Waals surface area contributed by atoms with Crippen LogP contribution in [0.4, 0.5) is 5.13 Å². The second kappa shape index (κ2) is 6.45. The minimum Gasteiger partial charge on any atom is -0.358 e. The lowest BCUT2D eigenvalue weighted by atomic mass is 10.1. The fraction of sp³-hybridized carbons (Fsp3) is 0.250. The summed E-state index contributed by atoms with van der Waals surface area (Å²) in [7, 11) is 0. The SMILES string of the molecule is CC(C)Nc1nnc(SCc2cccc3ccccc23)s1. The Kier molecular flexibility index (Phi) is 4.41. The molecule has 0 bridgehead atoms. The predicted octanol–water partition coefficient (Wildman–Crippen LogP) is 4.80. The highest BCUT2D eigenvalue weighted by Gasteiger charge is 2.07. The second-order valence-electron chi connectivity index (χ2n) is 5.10. The standard InChI is InChI=1S/C16H17N3S2/c1-11(2)17-15-18-19-16(21-15)20-10-13-8-5-7-12-6-3-4-9-14(12)13/h3-9,11H,10H2,1-2H3,(H,17,18). The maximum Gasteiger partial charge on any atom is 0.206 e. The predicted molar refractivity (Wildman–Crippen MR) is 92.2 cm³/mol. The van der Waals surface area contributed by atoms with Crippen LogP contribution in [-0.4, -0.2) is 16.2 Å². The summed E-state index contributed by atoms with van der Waals surface area (Å²) in [6, 6.07) is 15.3. The molecule has 0 spiro atoms. The van der Waals surface area contributed by atoms with Crippen molar-refractivity contribution in [2.45, 2.75) is 30.0 Å². The van der Waals surface area contributed by atoms with Crippen molar-refractivity contribution in [2.24, 2.45) is 0 Å². The van der Waals surface area contributed by atoms with Crippen LogP contribution in [0.15, 0.2) is 46.8 Å². The van der Waals surface area contributed by atoms with E-state index in [1.165, 1.54) is 16.3 Å². The van der Waals surface area contributed by atoms with Crippen LogP contribution < -0.4 is 5.32 Å². The first-order valence-electron chi connectivity index (χ1n) is 6.92. The minimum absolute atomic E-state index is 0.383. The first kappa shape index (κ1) is 14.4. The number of aromatic nitrogens is 2. The summed E-state index contributed by atoms with van der Waals surface area (Å²) in [6.07, 6.45) is 0. The van der Waals surface area contributed by atoms with Crippen LogP contribution in [0.3, 0.4) is 0 Å². The van der Waals surface area contributed by atoms with E-state index in [1.54, 1.807) is 23.1 Å². The molecule has 1 aromatic heterocycles. The summed E-state index contributed by atoms with van der Waals surface area (Å²) < 4.78 is 1.01. The molecule has 0 atom stereocenters. The summed E-state index contributed by atoms with van der Waals surface area (Å²) in [4.78, 5) is 0. The van der Waals surface area contributed by atoms with Crippen LogP contribution in [0.5, 0.6) is 0 Å². The number of rotatable bonds is 5. The van der Waals surface area contributed by atoms with E-state index in [0.717, 1.165) is 15.2 Å². The molecule has 2 aromatic carbocycles. The lowest BCUT2D eigenvalue weighted by Crippen LogP contribution is -2.08. The maximum absolute atomic E-state index is 4.23. The number of nitrogens with one attached hydrogen (secondary N) is 1. The number of anilines is 1. The van der Waals surface area contributed by atoms with E-state index in [9.17, 15) is 0 Å². The Balaban J connectivity index is 1.73.